The molecule has 0 bridgehead atoms. The molecule has 10 heteroatoms. The second-order valence-electron chi connectivity index (χ2n) is 12.3. The maximum atomic E-state index is 14.3. The van der Waals surface area contributed by atoms with Gasteiger partial charge in [0.25, 0.3) is 0 Å². The molecule has 0 saturated carbocycles. The lowest BCUT2D eigenvalue weighted by Crippen LogP contribution is -2.34. The number of nitrogens with one attached hydrogen (secondary N) is 1. The molecule has 2 aromatic rings. The molecule has 1 aromatic heterocycles. The number of halogens is 4. The van der Waals surface area contributed by atoms with Crippen LogP contribution in [0, 0.1) is 0 Å². The second kappa shape index (κ2) is 23.6. The van der Waals surface area contributed by atoms with Crippen LogP contribution in [-0.4, -0.2) is 58.4 Å². The van der Waals surface area contributed by atoms with Gasteiger partial charge in [0.15, 0.2) is 0 Å². The lowest BCUT2D eigenvalue weighted by molar-refractivity contribution is -0.254. The largest absolute Gasteiger partial charge is 0.545 e. The van der Waals surface area contributed by atoms with E-state index in [0.717, 1.165) is 76.3 Å². The van der Waals surface area contributed by atoms with Crippen LogP contribution < -0.4 is 5.11 Å². The van der Waals surface area contributed by atoms with Crippen molar-refractivity contribution in [1.29, 1.82) is 0 Å². The average Bonchev–Trinajstić information content (AvgIpc) is 3.48. The molecule has 0 fully saturated rings. The number of aromatic carboxylic acids is 1. The molecule has 0 aliphatic heterocycles. The number of benzene rings is 1. The van der Waals surface area contributed by atoms with E-state index in [2.05, 4.69) is 36.2 Å². The zero-order valence-electron chi connectivity index (χ0n) is 27.5. The monoisotopic (exact) mass is 647 g/mol. The zero-order valence-corrected chi connectivity index (χ0v) is 28.4. The predicted molar refractivity (Wildman–Crippen MR) is 176 cm³/mol. The zero-order chi connectivity index (χ0) is 32.7. The number of alkyl halides is 4. The maximum Gasteiger partial charge on any atom is 0.339 e. The number of H-pyrrole nitrogens is 1. The van der Waals surface area contributed by atoms with E-state index in [1.54, 1.807) is 12.1 Å². The van der Waals surface area contributed by atoms with Gasteiger partial charge < -0.3 is 9.90 Å². The molecule has 5 nitrogen and oxygen atoms in total. The molecule has 1 aromatic carbocycles. The molecule has 44 heavy (non-hydrogen) atoms. The Hall–Kier alpha value is -1.76. The van der Waals surface area contributed by atoms with Crippen LogP contribution in [-0.2, 0) is 0 Å². The molecule has 0 atom stereocenters. The number of carboxylic acids is 1. The van der Waals surface area contributed by atoms with E-state index in [4.69, 9.17) is 0 Å². The Kier molecular flexibility index (Phi) is 21.6. The Morgan fingerprint density at radius 2 is 1.18 bits per heavy atom. The number of nitrogens with zero attached hydrogens (tertiary/aromatic N) is 2. The third-order valence-corrected chi connectivity index (χ3v) is 13.3. The first-order valence-electron chi connectivity index (χ1n) is 17.1. The molecule has 0 amide bonds. The highest BCUT2D eigenvalue weighted by Crippen LogP contribution is 2.63. The number of carbonyl (C=O) groups is 1. The van der Waals surface area contributed by atoms with Crippen LogP contribution in [0.4, 0.5) is 17.6 Å². The molecular formula is C34H58F4N3O2P. The quantitative estimate of drug-likeness (QED) is 0.0661. The molecule has 0 radical (unpaired) electrons. The van der Waals surface area contributed by atoms with Crippen LogP contribution in [0.15, 0.2) is 18.2 Å². The topological polar surface area (TPSA) is 81.7 Å². The van der Waals surface area contributed by atoms with Crippen molar-refractivity contribution in [2.45, 2.75) is 149 Å². The SMILES string of the molecule is CCCCCCCC[P+](CCCCCCCC)(CCCCCCCC)CC(F)(F)C(F)F.O=C([O-])c1cccc2n[nH]nc12. The van der Waals surface area contributed by atoms with Crippen molar-refractivity contribution in [1.82, 2.24) is 15.4 Å². The first-order valence-corrected chi connectivity index (χ1v) is 19.7. The van der Waals surface area contributed by atoms with Gasteiger partial charge in [-0.25, -0.2) is 8.78 Å². The van der Waals surface area contributed by atoms with Gasteiger partial charge in [0.2, 0.25) is 0 Å². The fourth-order valence-corrected chi connectivity index (χ4v) is 10.7. The Labute approximate surface area is 264 Å². The first kappa shape index (κ1) is 40.3. The number of carboxylic acid groups (broad SMARTS) is 1. The molecule has 1 heterocycles. The highest BCUT2D eigenvalue weighted by atomic mass is 31.2. The van der Waals surface area contributed by atoms with Gasteiger partial charge in [0.1, 0.15) is 17.2 Å². The maximum absolute atomic E-state index is 14.3. The van der Waals surface area contributed by atoms with Crippen molar-refractivity contribution >= 4 is 24.3 Å². The number of rotatable bonds is 25. The number of aromatic amines is 1. The van der Waals surface area contributed by atoms with E-state index in [1.165, 1.54) is 63.9 Å². The van der Waals surface area contributed by atoms with E-state index in [-0.39, 0.29) is 5.56 Å². The van der Waals surface area contributed by atoms with Crippen molar-refractivity contribution in [2.75, 3.05) is 24.6 Å². The average molecular weight is 648 g/mol. The number of hydrogen-bond acceptors (Lipinski definition) is 4. The van der Waals surface area contributed by atoms with E-state index >= 15 is 0 Å². The van der Waals surface area contributed by atoms with Crippen LogP contribution in [0.3, 0.4) is 0 Å². The highest BCUT2D eigenvalue weighted by molar-refractivity contribution is 7.76. The minimum absolute atomic E-state index is 0.0567. The third-order valence-electron chi connectivity index (χ3n) is 8.39. The molecule has 0 aliphatic rings. The van der Waals surface area contributed by atoms with Crippen molar-refractivity contribution in [3.63, 3.8) is 0 Å². The second-order valence-corrected chi connectivity index (χ2v) is 16.7. The van der Waals surface area contributed by atoms with Gasteiger partial charge in [0, 0.05) is 12.8 Å². The van der Waals surface area contributed by atoms with Crippen LogP contribution >= 0.6 is 7.26 Å². The van der Waals surface area contributed by atoms with Gasteiger partial charge in [-0.15, -0.1) is 0 Å². The Morgan fingerprint density at radius 1 is 0.750 bits per heavy atom. The lowest BCUT2D eigenvalue weighted by Gasteiger charge is -2.31. The Morgan fingerprint density at radius 3 is 1.59 bits per heavy atom. The van der Waals surface area contributed by atoms with Gasteiger partial charge in [0.05, 0.1) is 24.5 Å². The van der Waals surface area contributed by atoms with Crippen LogP contribution in [0.5, 0.6) is 0 Å². The molecule has 0 aliphatic carbocycles. The summed E-state index contributed by atoms with van der Waals surface area (Å²) in [5, 5.41) is 20.3. The van der Waals surface area contributed by atoms with E-state index in [9.17, 15) is 27.5 Å². The molecular weight excluding hydrogens is 589 g/mol. The smallest absolute Gasteiger partial charge is 0.339 e. The van der Waals surface area contributed by atoms with Gasteiger partial charge in [-0.3, -0.25) is 0 Å². The molecule has 0 unspecified atom stereocenters. The fraction of sp³-hybridized carbons (Fsp3) is 0.794. The van der Waals surface area contributed by atoms with Crippen LogP contribution in [0.25, 0.3) is 11.0 Å². The molecule has 1 N–H and O–H groups in total. The highest BCUT2D eigenvalue weighted by Gasteiger charge is 2.52. The van der Waals surface area contributed by atoms with Crippen molar-refractivity contribution in [2.24, 2.45) is 0 Å². The summed E-state index contributed by atoms with van der Waals surface area (Å²) in [4.78, 5) is 10.5. The minimum Gasteiger partial charge on any atom is -0.545 e. The van der Waals surface area contributed by atoms with Crippen molar-refractivity contribution in [3.8, 4) is 0 Å². The summed E-state index contributed by atoms with van der Waals surface area (Å²) >= 11 is 0. The standard InChI is InChI=1S/C27H54F4P.C7H5N3O2/c1-4-7-10-13-16-19-22-32(25-27(30,31)26(28)29,23-20-17-14-11-8-5-2)24-21-18-15-12-9-6-3;11-7(12)4-2-1-3-5-6(4)9-10-8-5/h26H,4-25H2,1-3H3;1-3H,(H,11,12)(H,8,9,10)/q+1;/p-1. The number of hydrogen-bond donors (Lipinski definition) is 1. The van der Waals surface area contributed by atoms with E-state index in [0.29, 0.717) is 11.0 Å². The number of para-hydroxylation sites is 1. The Bertz CT molecular complexity index is 965. The lowest BCUT2D eigenvalue weighted by atomic mass is 10.1. The van der Waals surface area contributed by atoms with Crippen LogP contribution in [0.1, 0.15) is 147 Å². The summed E-state index contributed by atoms with van der Waals surface area (Å²) in [6, 6.07) is 4.70. The van der Waals surface area contributed by atoms with Crippen LogP contribution in [0.2, 0.25) is 0 Å². The number of fused-ring (bicyclic) bond motifs is 1. The summed E-state index contributed by atoms with van der Waals surface area (Å²) in [6.07, 6.45) is 18.6. The van der Waals surface area contributed by atoms with Gasteiger partial charge in [-0.05, 0) is 44.6 Å². The van der Waals surface area contributed by atoms with E-state index < -0.39 is 31.7 Å². The summed E-state index contributed by atoms with van der Waals surface area (Å²) in [5.41, 5.74) is 0.912. The van der Waals surface area contributed by atoms with Gasteiger partial charge in [-0.2, -0.15) is 24.2 Å². The number of unbranched alkanes of at least 4 members (excludes halogenated alkanes) is 15. The van der Waals surface area contributed by atoms with Crippen molar-refractivity contribution in [3.05, 3.63) is 23.8 Å². The number of aromatic nitrogens is 3. The predicted octanol–water partition coefficient (Wildman–Crippen LogP) is 10.3. The van der Waals surface area contributed by atoms with Gasteiger partial charge in [-0.1, -0.05) is 110 Å². The van der Waals surface area contributed by atoms with Crippen molar-refractivity contribution < 1.29 is 27.5 Å². The summed E-state index contributed by atoms with van der Waals surface area (Å²) < 4.78 is 55.1. The van der Waals surface area contributed by atoms with E-state index in [1.807, 2.05) is 0 Å². The molecule has 254 valence electrons. The summed E-state index contributed by atoms with van der Waals surface area (Å²) in [7, 11) is -2.07. The first-order chi connectivity index (χ1) is 21.1. The van der Waals surface area contributed by atoms with Gasteiger partial charge >= 0.3 is 12.3 Å². The molecule has 0 saturated heterocycles. The minimum atomic E-state index is -3.82. The fourth-order valence-electron chi connectivity index (χ4n) is 5.80. The normalized spacial score (nSPS) is 12.1. The summed E-state index contributed by atoms with van der Waals surface area (Å²) in [6.45, 7) is 6.55. The third kappa shape index (κ3) is 16.5. The molecule has 2 rings (SSSR count). The summed E-state index contributed by atoms with van der Waals surface area (Å²) in [5.74, 6) is -5.06. The number of carbonyl (C=O) groups excluding carboxylic acids is 1. The molecule has 0 spiro atoms. The Balaban J connectivity index is 0.000000658.